The lowest BCUT2D eigenvalue weighted by molar-refractivity contribution is -0.133. The summed E-state index contributed by atoms with van der Waals surface area (Å²) in [4.78, 5) is 25.6. The van der Waals surface area contributed by atoms with Gasteiger partial charge in [0.25, 0.3) is 0 Å². The van der Waals surface area contributed by atoms with E-state index >= 15 is 0 Å². The number of sulfonamides is 1. The number of carbonyl (C=O) groups is 2. The van der Waals surface area contributed by atoms with Crippen LogP contribution in [0.25, 0.3) is 0 Å². The Morgan fingerprint density at radius 2 is 1.57 bits per heavy atom. The van der Waals surface area contributed by atoms with E-state index < -0.39 is 10.0 Å². The number of benzene rings is 1. The Labute approximate surface area is 168 Å². The highest BCUT2D eigenvalue weighted by Gasteiger charge is 2.21. The van der Waals surface area contributed by atoms with E-state index in [2.05, 4.69) is 10.6 Å². The molecule has 1 aromatic rings. The maximum absolute atomic E-state index is 12.5. The first kappa shape index (κ1) is 23.9. The Hall–Kier alpha value is -2.13. The SMILES string of the molecule is CCN(CC)S(=O)(=O)c1ccc(NCC(=O)N(C)CC(=O)NC(C)(C)C)cc1. The van der Waals surface area contributed by atoms with Crippen LogP contribution in [0.4, 0.5) is 5.69 Å². The standard InChI is InChI=1S/C19H32N4O4S/c1-7-23(8-2)28(26,27)16-11-9-15(10-12-16)20-13-18(25)22(6)14-17(24)21-19(3,4)5/h9-12,20H,7-8,13-14H2,1-6H3,(H,21,24). The molecule has 0 atom stereocenters. The first-order chi connectivity index (χ1) is 12.9. The second-order valence-corrected chi connectivity index (χ2v) is 9.45. The Kier molecular flexibility index (Phi) is 8.44. The molecule has 0 bridgehead atoms. The summed E-state index contributed by atoms with van der Waals surface area (Å²) in [6.07, 6.45) is 0. The zero-order valence-electron chi connectivity index (χ0n) is 17.6. The molecule has 0 saturated carbocycles. The fourth-order valence-corrected chi connectivity index (χ4v) is 3.99. The highest BCUT2D eigenvalue weighted by Crippen LogP contribution is 2.18. The molecule has 0 aliphatic heterocycles. The van der Waals surface area contributed by atoms with E-state index in [0.29, 0.717) is 18.8 Å². The van der Waals surface area contributed by atoms with Gasteiger partial charge in [0.05, 0.1) is 18.0 Å². The van der Waals surface area contributed by atoms with Gasteiger partial charge in [0.2, 0.25) is 21.8 Å². The van der Waals surface area contributed by atoms with Crippen LogP contribution in [0.1, 0.15) is 34.6 Å². The fourth-order valence-electron chi connectivity index (χ4n) is 2.53. The van der Waals surface area contributed by atoms with Crippen LogP contribution in [0.3, 0.4) is 0 Å². The molecule has 1 aromatic carbocycles. The van der Waals surface area contributed by atoms with Crippen LogP contribution >= 0.6 is 0 Å². The predicted octanol–water partition coefficient (Wildman–Crippen LogP) is 1.50. The van der Waals surface area contributed by atoms with Crippen molar-refractivity contribution in [2.45, 2.75) is 45.1 Å². The molecular formula is C19H32N4O4S. The summed E-state index contributed by atoms with van der Waals surface area (Å²) < 4.78 is 26.3. The van der Waals surface area contributed by atoms with Gasteiger partial charge in [0, 0.05) is 31.4 Å². The van der Waals surface area contributed by atoms with Gasteiger partial charge in [-0.3, -0.25) is 9.59 Å². The average molecular weight is 413 g/mol. The molecule has 9 heteroatoms. The van der Waals surface area contributed by atoms with Crippen LogP contribution in [0.2, 0.25) is 0 Å². The molecular weight excluding hydrogens is 380 g/mol. The molecule has 0 saturated heterocycles. The number of nitrogens with zero attached hydrogens (tertiary/aromatic N) is 2. The monoisotopic (exact) mass is 412 g/mol. The molecule has 8 nitrogen and oxygen atoms in total. The largest absolute Gasteiger partial charge is 0.376 e. The fraction of sp³-hybridized carbons (Fsp3) is 0.579. The smallest absolute Gasteiger partial charge is 0.243 e. The van der Waals surface area contributed by atoms with Crippen LogP contribution < -0.4 is 10.6 Å². The van der Waals surface area contributed by atoms with Gasteiger partial charge < -0.3 is 15.5 Å². The highest BCUT2D eigenvalue weighted by molar-refractivity contribution is 7.89. The lowest BCUT2D eigenvalue weighted by atomic mass is 10.1. The lowest BCUT2D eigenvalue weighted by Gasteiger charge is -2.23. The van der Waals surface area contributed by atoms with Crippen molar-refractivity contribution in [1.82, 2.24) is 14.5 Å². The minimum Gasteiger partial charge on any atom is -0.376 e. The number of hydrogen-bond acceptors (Lipinski definition) is 5. The predicted molar refractivity (Wildman–Crippen MR) is 111 cm³/mol. The van der Waals surface area contributed by atoms with E-state index in [1.807, 2.05) is 20.8 Å². The Morgan fingerprint density at radius 3 is 2.04 bits per heavy atom. The number of likely N-dealkylation sites (N-methyl/N-ethyl adjacent to an activating group) is 1. The third-order valence-electron chi connectivity index (χ3n) is 3.96. The first-order valence-corrected chi connectivity index (χ1v) is 10.7. The van der Waals surface area contributed by atoms with Crippen molar-refractivity contribution in [3.63, 3.8) is 0 Å². The Morgan fingerprint density at radius 1 is 1.04 bits per heavy atom. The van der Waals surface area contributed by atoms with Crippen LogP contribution in [0.5, 0.6) is 0 Å². The second-order valence-electron chi connectivity index (χ2n) is 7.52. The summed E-state index contributed by atoms with van der Waals surface area (Å²) in [6, 6.07) is 6.27. The number of hydrogen-bond donors (Lipinski definition) is 2. The quantitative estimate of drug-likeness (QED) is 0.640. The number of nitrogens with one attached hydrogen (secondary N) is 2. The van der Waals surface area contributed by atoms with Gasteiger partial charge in [-0.2, -0.15) is 4.31 Å². The van der Waals surface area contributed by atoms with Crippen molar-refractivity contribution in [3.05, 3.63) is 24.3 Å². The van der Waals surface area contributed by atoms with Crippen molar-refractivity contribution in [1.29, 1.82) is 0 Å². The third kappa shape index (κ3) is 7.12. The van der Waals surface area contributed by atoms with Gasteiger partial charge in [-0.25, -0.2) is 8.42 Å². The minimum atomic E-state index is -3.51. The number of rotatable bonds is 9. The van der Waals surface area contributed by atoms with Crippen LogP contribution in [-0.2, 0) is 19.6 Å². The highest BCUT2D eigenvalue weighted by atomic mass is 32.2. The molecule has 0 radical (unpaired) electrons. The van der Waals surface area contributed by atoms with Crippen LogP contribution in [0, 0.1) is 0 Å². The number of anilines is 1. The number of amides is 2. The van der Waals surface area contributed by atoms with E-state index in [1.165, 1.54) is 21.3 Å². The summed E-state index contributed by atoms with van der Waals surface area (Å²) in [7, 11) is -1.94. The molecule has 2 N–H and O–H groups in total. The molecule has 0 spiro atoms. The van der Waals surface area contributed by atoms with Crippen molar-refractivity contribution < 1.29 is 18.0 Å². The van der Waals surface area contributed by atoms with Crippen molar-refractivity contribution in [2.24, 2.45) is 0 Å². The van der Waals surface area contributed by atoms with E-state index in [9.17, 15) is 18.0 Å². The lowest BCUT2D eigenvalue weighted by Crippen LogP contribution is -2.47. The van der Waals surface area contributed by atoms with E-state index in [0.717, 1.165) is 0 Å². The van der Waals surface area contributed by atoms with Gasteiger partial charge in [-0.15, -0.1) is 0 Å². The van der Waals surface area contributed by atoms with Crippen LogP contribution in [-0.4, -0.2) is 68.2 Å². The van der Waals surface area contributed by atoms with Crippen molar-refractivity contribution in [2.75, 3.05) is 38.5 Å². The second kappa shape index (κ2) is 9.88. The first-order valence-electron chi connectivity index (χ1n) is 9.29. The van der Waals surface area contributed by atoms with Crippen molar-refractivity contribution in [3.8, 4) is 0 Å². The molecule has 0 fully saturated rings. The molecule has 0 aromatic heterocycles. The van der Waals surface area contributed by atoms with Crippen molar-refractivity contribution >= 4 is 27.5 Å². The van der Waals surface area contributed by atoms with Gasteiger partial charge in [-0.05, 0) is 45.0 Å². The molecule has 2 amide bonds. The maximum atomic E-state index is 12.5. The van der Waals surface area contributed by atoms with E-state index in [-0.39, 0.29) is 35.3 Å². The maximum Gasteiger partial charge on any atom is 0.243 e. The Balaban J connectivity index is 2.64. The average Bonchev–Trinajstić information content (AvgIpc) is 2.59. The molecule has 158 valence electrons. The number of carbonyl (C=O) groups excluding carboxylic acids is 2. The molecule has 1 rings (SSSR count). The van der Waals surface area contributed by atoms with Gasteiger partial charge in [0.1, 0.15) is 0 Å². The third-order valence-corrected chi connectivity index (χ3v) is 6.03. The van der Waals surface area contributed by atoms with Gasteiger partial charge in [-0.1, -0.05) is 13.8 Å². The molecule has 28 heavy (non-hydrogen) atoms. The molecule has 0 unspecified atom stereocenters. The summed E-state index contributed by atoms with van der Waals surface area (Å²) in [5.41, 5.74) is 0.270. The summed E-state index contributed by atoms with van der Waals surface area (Å²) in [5, 5.41) is 5.75. The Bertz CT molecular complexity index is 766. The van der Waals surface area contributed by atoms with Gasteiger partial charge in [0.15, 0.2) is 0 Å². The summed E-state index contributed by atoms with van der Waals surface area (Å²) >= 11 is 0. The minimum absolute atomic E-state index is 0.00143. The zero-order valence-corrected chi connectivity index (χ0v) is 18.4. The molecule has 0 aliphatic rings. The normalized spacial score (nSPS) is 12.0. The van der Waals surface area contributed by atoms with Crippen LogP contribution in [0.15, 0.2) is 29.2 Å². The van der Waals surface area contributed by atoms with E-state index in [4.69, 9.17) is 0 Å². The molecule has 0 aliphatic carbocycles. The molecule has 0 heterocycles. The summed E-state index contributed by atoms with van der Waals surface area (Å²) in [6.45, 7) is 9.99. The summed E-state index contributed by atoms with van der Waals surface area (Å²) in [5.74, 6) is -0.474. The van der Waals surface area contributed by atoms with E-state index in [1.54, 1.807) is 33.0 Å². The zero-order chi connectivity index (χ0) is 21.5. The van der Waals surface area contributed by atoms with Gasteiger partial charge >= 0.3 is 0 Å². The topological polar surface area (TPSA) is 98.8 Å².